The van der Waals surface area contributed by atoms with Crippen molar-refractivity contribution in [1.29, 1.82) is 0 Å². The largest absolute Gasteiger partial charge is 0.491 e. The number of nitrogens with zero attached hydrogens (tertiary/aromatic N) is 3. The number of ether oxygens (including phenoxy) is 5. The van der Waals surface area contributed by atoms with Crippen molar-refractivity contribution in [2.75, 3.05) is 53.1 Å². The number of benzene rings is 1. The highest BCUT2D eigenvalue weighted by Crippen LogP contribution is 2.52. The van der Waals surface area contributed by atoms with Gasteiger partial charge in [-0.1, -0.05) is 42.2 Å². The Morgan fingerprint density at radius 2 is 1.85 bits per heavy atom. The number of rotatable bonds is 10. The predicted molar refractivity (Wildman–Crippen MR) is 225 cm³/mol. The molecule has 324 valence electrons. The van der Waals surface area contributed by atoms with Crippen LogP contribution in [0.4, 0.5) is 4.79 Å². The van der Waals surface area contributed by atoms with Crippen molar-refractivity contribution in [1.82, 2.24) is 25.4 Å². The van der Waals surface area contributed by atoms with E-state index in [0.29, 0.717) is 84.0 Å². The molecular formula is C45H58ClN5O9. The molecule has 14 nitrogen and oxygen atoms in total. The smallest absolute Gasteiger partial charge is 0.408 e. The minimum Gasteiger partial charge on any atom is -0.491 e. The zero-order chi connectivity index (χ0) is 42.0. The van der Waals surface area contributed by atoms with Crippen LogP contribution in [-0.4, -0.2) is 122 Å². The van der Waals surface area contributed by atoms with Crippen molar-refractivity contribution < 1.29 is 42.9 Å². The standard InChI is InChI=1S/C45H58ClN5O9/c1-27(2)19-31-23-38(34-11-12-37(39(46)40(34)47-31)58-18-15-50-13-16-57-17-14-50)59-33-24-36-41(52)49-45(43(54)56-3)25-30(45)9-7-5-4-6-8-10-35(42(53)51(36)26-33)48-44(55)60-32-21-28-20-29(28)22-32/h7,9,11-12,19,23,28-30,32-33,35-36H,4-6,8,10,13-18,20-22,24-26H2,1-3H3,(H,48,55)(H,49,52)/b9-7-/t28-,29+,30-,32+,33-,35+,36+,45-/m1/s1. The maximum atomic E-state index is 14.7. The Morgan fingerprint density at radius 1 is 1.05 bits per heavy atom. The number of esters is 1. The van der Waals surface area contributed by atoms with E-state index in [1.54, 1.807) is 0 Å². The van der Waals surface area contributed by atoms with Crippen LogP contribution < -0.4 is 20.1 Å². The minimum atomic E-state index is -1.22. The Morgan fingerprint density at radius 3 is 2.62 bits per heavy atom. The van der Waals surface area contributed by atoms with Gasteiger partial charge in [0, 0.05) is 43.4 Å². The van der Waals surface area contributed by atoms with E-state index in [4.69, 9.17) is 40.3 Å². The fourth-order valence-electron chi connectivity index (χ4n) is 9.49. The van der Waals surface area contributed by atoms with Gasteiger partial charge in [-0.2, -0.15) is 0 Å². The zero-order valence-electron chi connectivity index (χ0n) is 34.9. The predicted octanol–water partition coefficient (Wildman–Crippen LogP) is 5.83. The molecular weight excluding hydrogens is 790 g/mol. The molecule has 3 amide bonds. The number of carbonyl (C=O) groups is 4. The van der Waals surface area contributed by atoms with Gasteiger partial charge < -0.3 is 39.2 Å². The van der Waals surface area contributed by atoms with Crippen LogP contribution in [0.15, 0.2) is 35.9 Å². The van der Waals surface area contributed by atoms with Gasteiger partial charge in [0.1, 0.15) is 53.0 Å². The van der Waals surface area contributed by atoms with Crippen LogP contribution in [0, 0.1) is 17.8 Å². The quantitative estimate of drug-likeness (QED) is 0.219. The highest BCUT2D eigenvalue weighted by molar-refractivity contribution is 6.36. The second-order valence-electron chi connectivity index (χ2n) is 17.6. The molecule has 15 heteroatoms. The number of hydrogen-bond acceptors (Lipinski definition) is 11. The molecule has 2 saturated heterocycles. The lowest BCUT2D eigenvalue weighted by molar-refractivity contribution is -0.148. The zero-order valence-corrected chi connectivity index (χ0v) is 35.7. The van der Waals surface area contributed by atoms with Crippen LogP contribution in [0.3, 0.4) is 0 Å². The van der Waals surface area contributed by atoms with Crippen LogP contribution in [0.25, 0.3) is 17.0 Å². The van der Waals surface area contributed by atoms with Gasteiger partial charge in [-0.25, -0.2) is 14.6 Å². The third kappa shape index (κ3) is 9.55. The van der Waals surface area contributed by atoms with Gasteiger partial charge in [-0.05, 0) is 88.8 Å². The van der Waals surface area contributed by atoms with E-state index < -0.39 is 47.6 Å². The van der Waals surface area contributed by atoms with Gasteiger partial charge >= 0.3 is 12.1 Å². The molecule has 3 aliphatic carbocycles. The number of nitrogens with one attached hydrogen (secondary N) is 2. The first kappa shape index (κ1) is 42.3. The maximum absolute atomic E-state index is 14.7. The molecule has 0 radical (unpaired) electrons. The molecule has 0 unspecified atom stereocenters. The molecule has 5 fully saturated rings. The first-order chi connectivity index (χ1) is 29.0. The second-order valence-corrected chi connectivity index (χ2v) is 18.0. The number of amides is 3. The van der Waals surface area contributed by atoms with Crippen molar-refractivity contribution in [3.05, 3.63) is 46.6 Å². The SMILES string of the molecule is COC(=O)[C@@]12C[C@H]1/C=C\CCCCC[C@H](NC(=O)O[C@@H]1C[C@@H]3C[C@@H]3C1)C(=O)N1C[C@H](Oc3cc(C=C(C)C)nc4c(Cl)c(OCCN5CCOCC5)ccc34)C[C@H]1C(=O)N2. The molecule has 2 aromatic rings. The number of allylic oxidation sites excluding steroid dienone is 2. The van der Waals surface area contributed by atoms with Crippen molar-refractivity contribution >= 4 is 52.5 Å². The van der Waals surface area contributed by atoms with Crippen LogP contribution in [0.2, 0.25) is 5.02 Å². The summed E-state index contributed by atoms with van der Waals surface area (Å²) in [7, 11) is 1.31. The number of alkyl carbamates (subject to hydrolysis) is 1. The Bertz CT molecular complexity index is 2010. The Balaban J connectivity index is 1.06. The number of fused-ring (bicyclic) bond motifs is 4. The molecule has 3 saturated carbocycles. The first-order valence-electron chi connectivity index (χ1n) is 21.7. The number of aromatic nitrogens is 1. The van der Waals surface area contributed by atoms with Crippen molar-refractivity contribution in [2.24, 2.45) is 17.8 Å². The molecule has 0 spiro atoms. The molecule has 8 rings (SSSR count). The molecule has 2 N–H and O–H groups in total. The van der Waals surface area contributed by atoms with Crippen LogP contribution in [0.5, 0.6) is 11.5 Å². The van der Waals surface area contributed by atoms with Crippen LogP contribution >= 0.6 is 11.6 Å². The van der Waals surface area contributed by atoms with Gasteiger partial charge in [0.15, 0.2) is 0 Å². The molecule has 1 aromatic carbocycles. The average molecular weight is 848 g/mol. The fourth-order valence-corrected chi connectivity index (χ4v) is 9.76. The number of pyridine rings is 1. The molecule has 3 aliphatic heterocycles. The van der Waals surface area contributed by atoms with Gasteiger partial charge in [0.05, 0.1) is 38.1 Å². The Labute approximate surface area is 356 Å². The minimum absolute atomic E-state index is 0.0585. The van der Waals surface area contributed by atoms with Crippen molar-refractivity contribution in [3.63, 3.8) is 0 Å². The van der Waals surface area contributed by atoms with E-state index in [-0.39, 0.29) is 25.0 Å². The van der Waals surface area contributed by atoms with Gasteiger partial charge in [0.2, 0.25) is 11.8 Å². The Hall–Kier alpha value is -4.40. The number of carbonyl (C=O) groups excluding carboxylic acids is 4. The third-order valence-electron chi connectivity index (χ3n) is 12.9. The van der Waals surface area contributed by atoms with Crippen molar-refractivity contribution in [3.8, 4) is 11.5 Å². The number of morpholine rings is 1. The lowest BCUT2D eigenvalue weighted by Crippen LogP contribution is -2.56. The summed E-state index contributed by atoms with van der Waals surface area (Å²) in [6.45, 7) is 8.30. The van der Waals surface area contributed by atoms with Gasteiger partial charge in [-0.3, -0.25) is 14.5 Å². The molecule has 6 aliphatic rings. The maximum Gasteiger partial charge on any atom is 0.408 e. The topological polar surface area (TPSA) is 158 Å². The van der Waals surface area contributed by atoms with E-state index in [1.807, 2.05) is 50.3 Å². The molecule has 60 heavy (non-hydrogen) atoms. The van der Waals surface area contributed by atoms with Gasteiger partial charge in [-0.15, -0.1) is 0 Å². The summed E-state index contributed by atoms with van der Waals surface area (Å²) in [4.78, 5) is 64.4. The molecule has 8 atom stereocenters. The third-order valence-corrected chi connectivity index (χ3v) is 13.3. The summed E-state index contributed by atoms with van der Waals surface area (Å²) in [5.41, 5.74) is 0.924. The van der Waals surface area contributed by atoms with Gasteiger partial charge in [0.25, 0.3) is 0 Å². The first-order valence-corrected chi connectivity index (χ1v) is 22.1. The van der Waals surface area contributed by atoms with E-state index in [2.05, 4.69) is 15.5 Å². The molecule has 4 heterocycles. The summed E-state index contributed by atoms with van der Waals surface area (Å²) >= 11 is 7.02. The molecule has 0 bridgehead atoms. The fraction of sp³-hybridized carbons (Fsp3) is 0.622. The van der Waals surface area contributed by atoms with Crippen LogP contribution in [-0.2, 0) is 28.6 Å². The van der Waals surface area contributed by atoms with E-state index in [0.717, 1.165) is 57.3 Å². The van der Waals surface area contributed by atoms with Crippen molar-refractivity contribution in [2.45, 2.75) is 108 Å². The second kappa shape index (κ2) is 18.3. The van der Waals surface area contributed by atoms with E-state index >= 15 is 0 Å². The van der Waals surface area contributed by atoms with E-state index in [9.17, 15) is 19.2 Å². The lowest BCUT2D eigenvalue weighted by Gasteiger charge is -2.29. The lowest BCUT2D eigenvalue weighted by atomic mass is 10.0. The number of hydrogen-bond donors (Lipinski definition) is 2. The Kier molecular flexibility index (Phi) is 12.9. The normalized spacial score (nSPS) is 31.0. The highest BCUT2D eigenvalue weighted by atomic mass is 35.5. The van der Waals surface area contributed by atoms with Crippen LogP contribution in [0.1, 0.15) is 83.7 Å². The number of halogens is 1. The summed E-state index contributed by atoms with van der Waals surface area (Å²) in [6, 6.07) is 3.60. The monoisotopic (exact) mass is 847 g/mol. The highest BCUT2D eigenvalue weighted by Gasteiger charge is 2.62. The summed E-state index contributed by atoms with van der Waals surface area (Å²) in [6.07, 6.45) is 11.6. The number of methoxy groups -OCH3 is 1. The average Bonchev–Trinajstić information content (AvgIpc) is 4.02. The van der Waals surface area contributed by atoms with E-state index in [1.165, 1.54) is 18.4 Å². The molecule has 1 aromatic heterocycles. The summed E-state index contributed by atoms with van der Waals surface area (Å²) in [5.74, 6) is 0.624. The summed E-state index contributed by atoms with van der Waals surface area (Å²) < 4.78 is 29.4. The summed E-state index contributed by atoms with van der Waals surface area (Å²) in [5, 5.41) is 6.90.